The van der Waals surface area contributed by atoms with Crippen molar-refractivity contribution >= 4 is 23.3 Å². The van der Waals surface area contributed by atoms with Gasteiger partial charge in [0.1, 0.15) is 0 Å². The van der Waals surface area contributed by atoms with Crippen LogP contribution in [0.5, 0.6) is 0 Å². The summed E-state index contributed by atoms with van der Waals surface area (Å²) in [7, 11) is 0. The number of hydrogen-bond donors (Lipinski definition) is 2. The van der Waals surface area contributed by atoms with Gasteiger partial charge in [-0.3, -0.25) is 10.1 Å². The molecule has 7 heteroatoms. The number of rotatable bonds is 6. The monoisotopic (exact) mass is 269 g/mol. The molecule has 0 saturated carbocycles. The van der Waals surface area contributed by atoms with Crippen LogP contribution in [-0.4, -0.2) is 21.7 Å². The van der Waals surface area contributed by atoms with Crippen molar-refractivity contribution < 1.29 is 10.1 Å². The molecule has 0 radical (unpaired) electrons. The van der Waals surface area contributed by atoms with Crippen LogP contribution in [0.2, 0.25) is 0 Å². The second-order valence-corrected chi connectivity index (χ2v) is 4.76. The van der Waals surface area contributed by atoms with Crippen LogP contribution in [-0.2, 0) is 0 Å². The molecule has 0 aliphatic rings. The number of nitro groups is 1. The van der Waals surface area contributed by atoms with E-state index in [2.05, 4.69) is 12.1 Å². The average molecular weight is 269 g/mol. The minimum atomic E-state index is -0.456. The molecule has 0 aliphatic carbocycles. The zero-order valence-corrected chi connectivity index (χ0v) is 10.8. The Labute approximate surface area is 109 Å². The van der Waals surface area contributed by atoms with Gasteiger partial charge in [0.25, 0.3) is 5.69 Å². The summed E-state index contributed by atoms with van der Waals surface area (Å²) < 4.78 is 0. The number of benzene rings is 1. The molecule has 98 valence electrons. The molecule has 1 aromatic carbocycles. The van der Waals surface area contributed by atoms with Crippen LogP contribution < -0.4 is 5.73 Å². The Morgan fingerprint density at radius 1 is 1.61 bits per heavy atom. The number of amidine groups is 1. The highest BCUT2D eigenvalue weighted by Gasteiger charge is 2.16. The van der Waals surface area contributed by atoms with Crippen LogP contribution in [0.25, 0.3) is 0 Å². The summed E-state index contributed by atoms with van der Waals surface area (Å²) in [4.78, 5) is 11.1. The fraction of sp³-hybridized carbons (Fsp3) is 0.364. The Morgan fingerprint density at radius 3 is 2.89 bits per heavy atom. The van der Waals surface area contributed by atoms with Crippen molar-refractivity contribution in [1.29, 1.82) is 0 Å². The Morgan fingerprint density at radius 2 is 2.33 bits per heavy atom. The van der Waals surface area contributed by atoms with Crippen LogP contribution in [0.4, 0.5) is 5.69 Å². The van der Waals surface area contributed by atoms with E-state index < -0.39 is 4.92 Å². The normalized spacial score (nSPS) is 11.5. The third-order valence-corrected chi connectivity index (χ3v) is 3.46. The molecule has 18 heavy (non-hydrogen) atoms. The molecule has 0 saturated heterocycles. The maximum absolute atomic E-state index is 11.0. The molecular formula is C11H15N3O3S. The number of nitro benzene ring substituents is 1. The molecular weight excluding hydrogens is 254 g/mol. The van der Waals surface area contributed by atoms with Crippen molar-refractivity contribution in [2.45, 2.75) is 24.7 Å². The zero-order chi connectivity index (χ0) is 13.5. The number of oxime groups is 1. The van der Waals surface area contributed by atoms with Gasteiger partial charge in [0.05, 0.1) is 9.82 Å². The minimum absolute atomic E-state index is 0.0137. The van der Waals surface area contributed by atoms with Crippen LogP contribution in [0.1, 0.15) is 25.3 Å². The lowest BCUT2D eigenvalue weighted by atomic mass is 10.2. The SMILES string of the molecule is CCCCSc1ccc(C(N)=NO)cc1[N+](=O)[O-]. The van der Waals surface area contributed by atoms with E-state index in [0.29, 0.717) is 10.5 Å². The molecule has 0 atom stereocenters. The number of unbranched alkanes of at least 4 members (excludes halogenated alkanes) is 1. The molecule has 0 unspecified atom stereocenters. The lowest BCUT2D eigenvalue weighted by Crippen LogP contribution is -2.13. The number of hydrogen-bond acceptors (Lipinski definition) is 5. The Kier molecular flexibility index (Phi) is 5.44. The van der Waals surface area contributed by atoms with E-state index >= 15 is 0 Å². The van der Waals surface area contributed by atoms with Gasteiger partial charge >= 0.3 is 0 Å². The fourth-order valence-corrected chi connectivity index (χ4v) is 2.42. The second-order valence-electron chi connectivity index (χ2n) is 3.63. The zero-order valence-electron chi connectivity index (χ0n) is 10.00. The summed E-state index contributed by atoms with van der Waals surface area (Å²) in [5, 5.41) is 22.3. The lowest BCUT2D eigenvalue weighted by Gasteiger charge is -2.04. The Hall–Kier alpha value is -1.76. The highest BCUT2D eigenvalue weighted by molar-refractivity contribution is 7.99. The van der Waals surface area contributed by atoms with Gasteiger partial charge in [0.2, 0.25) is 0 Å². The van der Waals surface area contributed by atoms with Gasteiger partial charge in [-0.2, -0.15) is 0 Å². The van der Waals surface area contributed by atoms with Gasteiger partial charge in [-0.1, -0.05) is 18.5 Å². The molecule has 0 fully saturated rings. The topological polar surface area (TPSA) is 102 Å². The van der Waals surface area contributed by atoms with Gasteiger partial charge in [0, 0.05) is 11.6 Å². The first-order valence-electron chi connectivity index (χ1n) is 5.49. The van der Waals surface area contributed by atoms with E-state index in [1.54, 1.807) is 12.1 Å². The van der Waals surface area contributed by atoms with E-state index in [9.17, 15) is 10.1 Å². The first kappa shape index (κ1) is 14.3. The van der Waals surface area contributed by atoms with Crippen LogP contribution in [0, 0.1) is 10.1 Å². The fourth-order valence-electron chi connectivity index (χ4n) is 1.33. The smallest absolute Gasteiger partial charge is 0.283 e. The van der Waals surface area contributed by atoms with E-state index in [0.717, 1.165) is 18.6 Å². The maximum Gasteiger partial charge on any atom is 0.283 e. The summed E-state index contributed by atoms with van der Waals surface area (Å²) in [6, 6.07) is 4.56. The second kappa shape index (κ2) is 6.85. The molecule has 0 aromatic heterocycles. The molecule has 0 heterocycles. The van der Waals surface area contributed by atoms with Crippen LogP contribution in [0.3, 0.4) is 0 Å². The van der Waals surface area contributed by atoms with Crippen molar-refractivity contribution in [2.75, 3.05) is 5.75 Å². The molecule has 3 N–H and O–H groups in total. The predicted molar refractivity (Wildman–Crippen MR) is 71.2 cm³/mol. The number of thioether (sulfide) groups is 1. The third kappa shape index (κ3) is 3.63. The van der Waals surface area contributed by atoms with Gasteiger partial charge in [-0.25, -0.2) is 0 Å². The van der Waals surface area contributed by atoms with Crippen molar-refractivity contribution in [3.63, 3.8) is 0 Å². The largest absolute Gasteiger partial charge is 0.409 e. The van der Waals surface area contributed by atoms with E-state index in [1.807, 2.05) is 0 Å². The van der Waals surface area contributed by atoms with Crippen LogP contribution in [0.15, 0.2) is 28.3 Å². The molecule has 6 nitrogen and oxygen atoms in total. The number of nitrogens with two attached hydrogens (primary N) is 1. The summed E-state index contributed by atoms with van der Waals surface area (Å²) in [6.45, 7) is 2.07. The van der Waals surface area contributed by atoms with Gasteiger partial charge in [-0.15, -0.1) is 11.8 Å². The predicted octanol–water partition coefficient (Wildman–Crippen LogP) is 2.58. The molecule has 0 amide bonds. The average Bonchev–Trinajstić information content (AvgIpc) is 2.38. The number of nitrogens with zero attached hydrogens (tertiary/aromatic N) is 2. The molecule has 1 aromatic rings. The van der Waals surface area contributed by atoms with Gasteiger partial charge in [0.15, 0.2) is 5.84 Å². The maximum atomic E-state index is 11.0. The molecule has 0 spiro atoms. The van der Waals surface area contributed by atoms with Crippen LogP contribution >= 0.6 is 11.8 Å². The van der Waals surface area contributed by atoms with Gasteiger partial charge < -0.3 is 10.9 Å². The first-order valence-corrected chi connectivity index (χ1v) is 6.47. The van der Waals surface area contributed by atoms with Gasteiger partial charge in [-0.05, 0) is 24.3 Å². The van der Waals surface area contributed by atoms with E-state index in [1.165, 1.54) is 17.8 Å². The summed E-state index contributed by atoms with van der Waals surface area (Å²) in [5.74, 6) is 0.698. The summed E-state index contributed by atoms with van der Waals surface area (Å²) >= 11 is 1.44. The quantitative estimate of drug-likeness (QED) is 0.157. The Bertz CT molecular complexity index is 463. The third-order valence-electron chi connectivity index (χ3n) is 2.31. The lowest BCUT2D eigenvalue weighted by molar-refractivity contribution is -0.387. The van der Waals surface area contributed by atoms with Crippen molar-refractivity contribution in [1.82, 2.24) is 0 Å². The summed E-state index contributed by atoms with van der Waals surface area (Å²) in [6.07, 6.45) is 2.05. The summed E-state index contributed by atoms with van der Waals surface area (Å²) in [5.41, 5.74) is 5.73. The molecule has 1 rings (SSSR count). The first-order chi connectivity index (χ1) is 8.60. The molecule has 0 aliphatic heterocycles. The highest BCUT2D eigenvalue weighted by atomic mass is 32.2. The van der Waals surface area contributed by atoms with E-state index in [4.69, 9.17) is 10.9 Å². The standard InChI is InChI=1S/C11H15N3O3S/c1-2-3-6-18-10-5-4-8(11(12)13-15)7-9(10)14(16)17/h4-5,7,15H,2-3,6H2,1H3,(H2,12,13). The Balaban J connectivity index is 3.01. The molecule has 0 bridgehead atoms. The highest BCUT2D eigenvalue weighted by Crippen LogP contribution is 2.30. The van der Waals surface area contributed by atoms with Crippen molar-refractivity contribution in [2.24, 2.45) is 10.9 Å². The van der Waals surface area contributed by atoms with Crippen molar-refractivity contribution in [3.05, 3.63) is 33.9 Å². The minimum Gasteiger partial charge on any atom is -0.409 e. The van der Waals surface area contributed by atoms with E-state index in [-0.39, 0.29) is 11.5 Å². The van der Waals surface area contributed by atoms with Crippen molar-refractivity contribution in [3.8, 4) is 0 Å².